The van der Waals surface area contributed by atoms with E-state index in [-0.39, 0.29) is 22.6 Å². The van der Waals surface area contributed by atoms with Gasteiger partial charge in [-0.15, -0.1) is 11.3 Å². The highest BCUT2D eigenvalue weighted by molar-refractivity contribution is 7.89. The Morgan fingerprint density at radius 1 is 1.12 bits per heavy atom. The topological polar surface area (TPSA) is 79.4 Å². The van der Waals surface area contributed by atoms with E-state index < -0.39 is 10.0 Å². The van der Waals surface area contributed by atoms with Crippen molar-refractivity contribution in [1.29, 1.82) is 0 Å². The second kappa shape index (κ2) is 8.75. The van der Waals surface area contributed by atoms with Gasteiger partial charge in [-0.25, -0.2) is 13.4 Å². The Morgan fingerprint density at radius 3 is 2.15 bits per heavy atom. The molecule has 2 rings (SSSR count). The molecule has 1 aromatic heterocycles. The maximum atomic E-state index is 13.0. The molecule has 0 atom stereocenters. The summed E-state index contributed by atoms with van der Waals surface area (Å²) in [5, 5.41) is 4.95. The number of carbonyl (C=O) groups excluding carboxylic acids is 1. The van der Waals surface area contributed by atoms with E-state index in [4.69, 9.17) is 0 Å². The maximum absolute atomic E-state index is 13.0. The number of carbonyl (C=O) groups is 1. The Bertz CT molecular complexity index is 804. The van der Waals surface area contributed by atoms with Gasteiger partial charge in [0.05, 0.1) is 4.90 Å². The second-order valence-corrected chi connectivity index (χ2v) is 9.76. The monoisotopic (exact) mass is 395 g/mol. The molecule has 1 amide bonds. The molecule has 0 saturated heterocycles. The van der Waals surface area contributed by atoms with Gasteiger partial charge >= 0.3 is 0 Å². The number of sulfonamides is 1. The van der Waals surface area contributed by atoms with Crippen LogP contribution in [-0.4, -0.2) is 36.7 Å². The summed E-state index contributed by atoms with van der Waals surface area (Å²) in [4.78, 5) is 16.4. The van der Waals surface area contributed by atoms with Gasteiger partial charge < -0.3 is 0 Å². The highest BCUT2D eigenvalue weighted by atomic mass is 32.2. The molecule has 0 aliphatic rings. The van der Waals surface area contributed by atoms with E-state index in [2.05, 4.69) is 10.3 Å². The number of thiazole rings is 1. The van der Waals surface area contributed by atoms with Crippen LogP contribution >= 0.6 is 11.3 Å². The Balaban J connectivity index is 2.19. The minimum Gasteiger partial charge on any atom is -0.298 e. The van der Waals surface area contributed by atoms with Crippen molar-refractivity contribution in [3.63, 3.8) is 0 Å². The summed E-state index contributed by atoms with van der Waals surface area (Å²) in [6, 6.07) is 6.02. The van der Waals surface area contributed by atoms with Gasteiger partial charge in [0.15, 0.2) is 5.13 Å². The predicted octanol–water partition coefficient (Wildman–Crippen LogP) is 3.70. The van der Waals surface area contributed by atoms with Gasteiger partial charge in [0.2, 0.25) is 10.0 Å². The first kappa shape index (κ1) is 20.5. The molecule has 6 nitrogen and oxygen atoms in total. The lowest BCUT2D eigenvalue weighted by molar-refractivity contribution is 0.102. The lowest BCUT2D eigenvalue weighted by atomic mass is 10.2. The van der Waals surface area contributed by atoms with Gasteiger partial charge in [0, 0.05) is 30.2 Å². The van der Waals surface area contributed by atoms with E-state index >= 15 is 0 Å². The van der Waals surface area contributed by atoms with Gasteiger partial charge in [0.25, 0.3) is 5.91 Å². The second-order valence-electron chi connectivity index (χ2n) is 6.93. The molecule has 26 heavy (non-hydrogen) atoms. The molecule has 1 N–H and O–H groups in total. The zero-order chi connectivity index (χ0) is 19.3. The van der Waals surface area contributed by atoms with Crippen molar-refractivity contribution in [2.45, 2.75) is 32.6 Å². The quantitative estimate of drug-likeness (QED) is 0.739. The fraction of sp³-hybridized carbons (Fsp3) is 0.444. The fourth-order valence-electron chi connectivity index (χ4n) is 2.47. The fourth-order valence-corrected chi connectivity index (χ4v) is 4.76. The molecule has 1 heterocycles. The van der Waals surface area contributed by atoms with Crippen molar-refractivity contribution < 1.29 is 13.2 Å². The number of aromatic nitrogens is 1. The standard InChI is InChI=1S/C18H25N3O3S2/c1-13(2)11-21(12-14(3)4)26(23,24)16-7-5-15(6-8-16)17(22)20-18-19-9-10-25-18/h5-10,13-14H,11-12H2,1-4H3,(H,19,20,22). The van der Waals surface area contributed by atoms with Crippen LogP contribution in [0.15, 0.2) is 40.7 Å². The molecule has 0 spiro atoms. The van der Waals surface area contributed by atoms with Gasteiger partial charge in [-0.3, -0.25) is 10.1 Å². The van der Waals surface area contributed by atoms with Crippen LogP contribution in [0.3, 0.4) is 0 Å². The number of hydrogen-bond donors (Lipinski definition) is 1. The van der Waals surface area contributed by atoms with Crippen molar-refractivity contribution in [2.75, 3.05) is 18.4 Å². The number of amides is 1. The van der Waals surface area contributed by atoms with Crippen molar-refractivity contribution in [1.82, 2.24) is 9.29 Å². The zero-order valence-corrected chi connectivity index (χ0v) is 17.1. The first-order valence-electron chi connectivity index (χ1n) is 8.51. The van der Waals surface area contributed by atoms with E-state index in [9.17, 15) is 13.2 Å². The number of benzene rings is 1. The van der Waals surface area contributed by atoms with Crippen molar-refractivity contribution >= 4 is 32.4 Å². The summed E-state index contributed by atoms with van der Waals surface area (Å²) in [6.07, 6.45) is 1.61. The Kier molecular flexibility index (Phi) is 6.91. The van der Waals surface area contributed by atoms with E-state index in [0.717, 1.165) is 0 Å². The Hall–Kier alpha value is -1.77. The number of hydrogen-bond acceptors (Lipinski definition) is 5. The first-order valence-corrected chi connectivity index (χ1v) is 10.8. The lowest BCUT2D eigenvalue weighted by Gasteiger charge is -2.25. The summed E-state index contributed by atoms with van der Waals surface area (Å²) < 4.78 is 27.4. The average Bonchev–Trinajstić information content (AvgIpc) is 3.06. The van der Waals surface area contributed by atoms with Crippen LogP contribution in [0.1, 0.15) is 38.1 Å². The summed E-state index contributed by atoms with van der Waals surface area (Å²) in [7, 11) is -3.59. The molecule has 2 aromatic rings. The van der Waals surface area contributed by atoms with Crippen LogP contribution in [0.4, 0.5) is 5.13 Å². The highest BCUT2D eigenvalue weighted by Crippen LogP contribution is 2.20. The van der Waals surface area contributed by atoms with E-state index in [1.165, 1.54) is 39.9 Å². The van der Waals surface area contributed by atoms with Crippen LogP contribution in [0.5, 0.6) is 0 Å². The Labute approximate surface area is 159 Å². The maximum Gasteiger partial charge on any atom is 0.257 e. The van der Waals surface area contributed by atoms with Crippen molar-refractivity contribution in [3.8, 4) is 0 Å². The third kappa shape index (κ3) is 5.36. The summed E-state index contributed by atoms with van der Waals surface area (Å²) >= 11 is 1.32. The SMILES string of the molecule is CC(C)CN(CC(C)C)S(=O)(=O)c1ccc(C(=O)Nc2nccs2)cc1. The molecule has 0 saturated carbocycles. The van der Waals surface area contributed by atoms with Gasteiger partial charge in [-0.1, -0.05) is 27.7 Å². The number of nitrogens with zero attached hydrogens (tertiary/aromatic N) is 2. The molecule has 0 fully saturated rings. The molecule has 0 aliphatic carbocycles. The summed E-state index contributed by atoms with van der Waals surface area (Å²) in [5.74, 6) is 0.142. The van der Waals surface area contributed by atoms with Crippen LogP contribution < -0.4 is 5.32 Å². The smallest absolute Gasteiger partial charge is 0.257 e. The van der Waals surface area contributed by atoms with E-state index in [1.807, 2.05) is 27.7 Å². The molecule has 1 aromatic carbocycles. The minimum absolute atomic E-state index is 0.199. The number of anilines is 1. The van der Waals surface area contributed by atoms with Crippen LogP contribution in [0, 0.1) is 11.8 Å². The average molecular weight is 396 g/mol. The van der Waals surface area contributed by atoms with Crippen LogP contribution in [0.25, 0.3) is 0 Å². The van der Waals surface area contributed by atoms with E-state index in [1.54, 1.807) is 11.6 Å². The molecule has 8 heteroatoms. The minimum atomic E-state index is -3.59. The van der Waals surface area contributed by atoms with Gasteiger partial charge in [-0.2, -0.15) is 4.31 Å². The molecular weight excluding hydrogens is 370 g/mol. The highest BCUT2D eigenvalue weighted by Gasteiger charge is 2.26. The first-order chi connectivity index (χ1) is 12.2. The third-order valence-corrected chi connectivity index (χ3v) is 6.08. The van der Waals surface area contributed by atoms with Gasteiger partial charge in [0.1, 0.15) is 0 Å². The lowest BCUT2D eigenvalue weighted by Crippen LogP contribution is -2.37. The summed E-state index contributed by atoms with van der Waals surface area (Å²) in [6.45, 7) is 8.91. The summed E-state index contributed by atoms with van der Waals surface area (Å²) in [5.41, 5.74) is 0.387. The van der Waals surface area contributed by atoms with Crippen LogP contribution in [-0.2, 0) is 10.0 Å². The molecule has 142 valence electrons. The van der Waals surface area contributed by atoms with Crippen molar-refractivity contribution in [3.05, 3.63) is 41.4 Å². The molecule has 0 aliphatic heterocycles. The van der Waals surface area contributed by atoms with Crippen LogP contribution in [0.2, 0.25) is 0 Å². The van der Waals surface area contributed by atoms with Gasteiger partial charge in [-0.05, 0) is 36.1 Å². The molecule has 0 unspecified atom stereocenters. The predicted molar refractivity (Wildman–Crippen MR) is 105 cm³/mol. The molecule has 0 bridgehead atoms. The van der Waals surface area contributed by atoms with Crippen molar-refractivity contribution in [2.24, 2.45) is 11.8 Å². The molecule has 0 radical (unpaired) electrons. The third-order valence-electron chi connectivity index (χ3n) is 3.54. The number of nitrogens with one attached hydrogen (secondary N) is 1. The van der Waals surface area contributed by atoms with E-state index in [0.29, 0.717) is 23.8 Å². The normalized spacial score (nSPS) is 12.1. The molecular formula is C18H25N3O3S2. The largest absolute Gasteiger partial charge is 0.298 e. The zero-order valence-electron chi connectivity index (χ0n) is 15.5. The Morgan fingerprint density at radius 2 is 1.69 bits per heavy atom. The number of rotatable bonds is 8.